The molecule has 3 heteroatoms. The molecule has 1 N–H and O–H groups in total. The second-order valence-corrected chi connectivity index (χ2v) is 7.24. The van der Waals surface area contributed by atoms with Crippen molar-refractivity contribution in [2.75, 3.05) is 6.61 Å². The number of rotatable bonds is 5. The van der Waals surface area contributed by atoms with E-state index in [0.717, 1.165) is 12.8 Å². The van der Waals surface area contributed by atoms with E-state index in [1.54, 1.807) is 0 Å². The molecule has 1 atom stereocenters. The summed E-state index contributed by atoms with van der Waals surface area (Å²) >= 11 is 0. The molecule has 0 rings (SSSR count). The Labute approximate surface area is 113 Å². The Bertz CT molecular complexity index is 248. The Morgan fingerprint density at radius 3 is 2.11 bits per heavy atom. The molecule has 0 spiro atoms. The number of amides is 1. The van der Waals surface area contributed by atoms with Crippen molar-refractivity contribution in [1.82, 2.24) is 5.32 Å². The summed E-state index contributed by atoms with van der Waals surface area (Å²) in [5.41, 5.74) is 0.414. The van der Waals surface area contributed by atoms with Crippen LogP contribution < -0.4 is 5.32 Å². The van der Waals surface area contributed by atoms with Gasteiger partial charge in [0.1, 0.15) is 0 Å². The molecular formula is C15H31NO2. The molecule has 0 aromatic heterocycles. The molecule has 0 aromatic carbocycles. The standard InChI is InChI=1S/C15H31NO2/c1-8-18-13(17)16-12(15(5,6)7)10-9-11-14(2,3)4/h12H,8-11H2,1-7H3,(H,16,17). The molecule has 0 fully saturated rings. The number of carbonyl (C=O) groups is 1. The highest BCUT2D eigenvalue weighted by Crippen LogP contribution is 2.27. The molecule has 18 heavy (non-hydrogen) atoms. The number of alkyl carbamates (subject to hydrolysis) is 1. The molecule has 1 unspecified atom stereocenters. The Balaban J connectivity index is 4.30. The van der Waals surface area contributed by atoms with E-state index in [1.165, 1.54) is 6.42 Å². The van der Waals surface area contributed by atoms with Crippen LogP contribution in [0.3, 0.4) is 0 Å². The summed E-state index contributed by atoms with van der Waals surface area (Å²) in [5, 5.41) is 2.98. The van der Waals surface area contributed by atoms with Gasteiger partial charge in [0.25, 0.3) is 0 Å². The molecule has 0 saturated heterocycles. The van der Waals surface area contributed by atoms with Gasteiger partial charge in [0.05, 0.1) is 6.61 Å². The van der Waals surface area contributed by atoms with Gasteiger partial charge in [-0.1, -0.05) is 48.0 Å². The zero-order chi connectivity index (χ0) is 14.4. The van der Waals surface area contributed by atoms with E-state index in [0.29, 0.717) is 12.0 Å². The summed E-state index contributed by atoms with van der Waals surface area (Å²) in [5.74, 6) is 0. The Morgan fingerprint density at radius 2 is 1.72 bits per heavy atom. The summed E-state index contributed by atoms with van der Waals surface area (Å²) in [6.07, 6.45) is 3.00. The topological polar surface area (TPSA) is 38.3 Å². The lowest BCUT2D eigenvalue weighted by molar-refractivity contribution is 0.134. The summed E-state index contributed by atoms with van der Waals surface area (Å²) < 4.78 is 4.96. The quantitative estimate of drug-likeness (QED) is 0.794. The van der Waals surface area contributed by atoms with Crippen molar-refractivity contribution >= 4 is 6.09 Å². The van der Waals surface area contributed by atoms with Crippen LogP contribution in [0.4, 0.5) is 4.79 Å². The minimum atomic E-state index is -0.298. The first kappa shape index (κ1) is 17.3. The van der Waals surface area contributed by atoms with Crippen molar-refractivity contribution in [1.29, 1.82) is 0 Å². The molecular weight excluding hydrogens is 226 g/mol. The lowest BCUT2D eigenvalue weighted by Gasteiger charge is -2.32. The van der Waals surface area contributed by atoms with E-state index in [2.05, 4.69) is 46.9 Å². The van der Waals surface area contributed by atoms with Crippen LogP contribution in [0.5, 0.6) is 0 Å². The van der Waals surface area contributed by atoms with E-state index >= 15 is 0 Å². The van der Waals surface area contributed by atoms with Gasteiger partial charge in [0, 0.05) is 6.04 Å². The van der Waals surface area contributed by atoms with Crippen LogP contribution in [0.1, 0.15) is 67.7 Å². The number of carbonyl (C=O) groups excluding carboxylic acids is 1. The highest BCUT2D eigenvalue weighted by molar-refractivity contribution is 5.67. The number of hydrogen-bond donors (Lipinski definition) is 1. The average Bonchev–Trinajstić information content (AvgIpc) is 2.13. The molecule has 108 valence electrons. The molecule has 1 amide bonds. The van der Waals surface area contributed by atoms with Gasteiger partial charge in [0.15, 0.2) is 0 Å². The fourth-order valence-electron chi connectivity index (χ4n) is 1.87. The molecule has 0 saturated carbocycles. The van der Waals surface area contributed by atoms with E-state index in [9.17, 15) is 4.79 Å². The second-order valence-electron chi connectivity index (χ2n) is 7.24. The van der Waals surface area contributed by atoms with Crippen molar-refractivity contribution in [2.24, 2.45) is 10.8 Å². The van der Waals surface area contributed by atoms with Crippen molar-refractivity contribution in [3.63, 3.8) is 0 Å². The van der Waals surface area contributed by atoms with Gasteiger partial charge in [-0.15, -0.1) is 0 Å². The number of nitrogens with one attached hydrogen (secondary N) is 1. The van der Waals surface area contributed by atoms with E-state index in [4.69, 9.17) is 4.74 Å². The third-order valence-corrected chi connectivity index (χ3v) is 3.03. The predicted molar refractivity (Wildman–Crippen MR) is 76.7 cm³/mol. The normalized spacial score (nSPS) is 14.2. The summed E-state index contributed by atoms with van der Waals surface area (Å²) in [4.78, 5) is 11.5. The van der Waals surface area contributed by atoms with Crippen LogP contribution >= 0.6 is 0 Å². The van der Waals surface area contributed by atoms with Crippen LogP contribution in [0.25, 0.3) is 0 Å². The molecule has 0 radical (unpaired) electrons. The Hall–Kier alpha value is -0.730. The number of ether oxygens (including phenoxy) is 1. The zero-order valence-corrected chi connectivity index (χ0v) is 13.2. The molecule has 3 nitrogen and oxygen atoms in total. The maximum atomic E-state index is 11.5. The highest BCUT2D eigenvalue weighted by atomic mass is 16.5. The van der Waals surface area contributed by atoms with E-state index < -0.39 is 0 Å². The van der Waals surface area contributed by atoms with Crippen LogP contribution in [0, 0.1) is 10.8 Å². The lowest BCUT2D eigenvalue weighted by Crippen LogP contribution is -2.44. The van der Waals surface area contributed by atoms with Crippen molar-refractivity contribution in [2.45, 2.75) is 73.8 Å². The fourth-order valence-corrected chi connectivity index (χ4v) is 1.87. The van der Waals surface area contributed by atoms with Crippen LogP contribution in [0.15, 0.2) is 0 Å². The first-order valence-electron chi connectivity index (χ1n) is 6.99. The Kier molecular flexibility index (Phi) is 6.72. The van der Waals surface area contributed by atoms with Crippen LogP contribution in [-0.2, 0) is 4.74 Å². The summed E-state index contributed by atoms with van der Waals surface area (Å²) in [6.45, 7) is 15.5. The molecule has 0 aliphatic rings. The lowest BCUT2D eigenvalue weighted by atomic mass is 9.81. The van der Waals surface area contributed by atoms with Gasteiger partial charge in [-0.25, -0.2) is 4.79 Å². The first-order chi connectivity index (χ1) is 8.06. The second kappa shape index (κ2) is 7.01. The van der Waals surface area contributed by atoms with Crippen molar-refractivity contribution in [3.8, 4) is 0 Å². The van der Waals surface area contributed by atoms with Gasteiger partial charge >= 0.3 is 6.09 Å². The predicted octanol–water partition coefficient (Wildman–Crippen LogP) is 4.36. The third-order valence-electron chi connectivity index (χ3n) is 3.03. The molecule has 0 aliphatic heterocycles. The Morgan fingerprint density at radius 1 is 1.17 bits per heavy atom. The van der Waals surface area contributed by atoms with Gasteiger partial charge in [-0.2, -0.15) is 0 Å². The van der Waals surface area contributed by atoms with Gasteiger partial charge in [-0.3, -0.25) is 0 Å². The van der Waals surface area contributed by atoms with Crippen molar-refractivity contribution < 1.29 is 9.53 Å². The van der Waals surface area contributed by atoms with E-state index in [-0.39, 0.29) is 17.6 Å². The number of hydrogen-bond acceptors (Lipinski definition) is 2. The molecule has 0 bridgehead atoms. The highest BCUT2D eigenvalue weighted by Gasteiger charge is 2.26. The fraction of sp³-hybridized carbons (Fsp3) is 0.933. The maximum absolute atomic E-state index is 11.5. The molecule has 0 heterocycles. The summed E-state index contributed by atoms with van der Waals surface area (Å²) in [7, 11) is 0. The van der Waals surface area contributed by atoms with Gasteiger partial charge in [-0.05, 0) is 30.6 Å². The maximum Gasteiger partial charge on any atom is 0.407 e. The molecule has 0 aromatic rings. The third kappa shape index (κ3) is 8.37. The van der Waals surface area contributed by atoms with Gasteiger partial charge in [0.2, 0.25) is 0 Å². The van der Waals surface area contributed by atoms with Gasteiger partial charge < -0.3 is 10.1 Å². The summed E-state index contributed by atoms with van der Waals surface area (Å²) in [6, 6.07) is 0.166. The minimum Gasteiger partial charge on any atom is -0.450 e. The molecule has 0 aliphatic carbocycles. The SMILES string of the molecule is CCOC(=O)NC(CCCC(C)(C)C)C(C)(C)C. The van der Waals surface area contributed by atoms with Crippen LogP contribution in [-0.4, -0.2) is 18.7 Å². The monoisotopic (exact) mass is 257 g/mol. The largest absolute Gasteiger partial charge is 0.450 e. The smallest absolute Gasteiger partial charge is 0.407 e. The average molecular weight is 257 g/mol. The zero-order valence-electron chi connectivity index (χ0n) is 13.2. The first-order valence-corrected chi connectivity index (χ1v) is 6.99. The minimum absolute atomic E-state index is 0.0602. The van der Waals surface area contributed by atoms with Crippen LogP contribution in [0.2, 0.25) is 0 Å². The van der Waals surface area contributed by atoms with Crippen molar-refractivity contribution in [3.05, 3.63) is 0 Å². The van der Waals surface area contributed by atoms with E-state index in [1.807, 2.05) is 6.92 Å².